The molecule has 7 nitrogen and oxygen atoms in total. The number of carbonyl (C=O) groups is 2. The Morgan fingerprint density at radius 1 is 1.56 bits per heavy atom. The van der Waals surface area contributed by atoms with Crippen LogP contribution < -0.4 is 0 Å². The molecule has 1 aromatic heterocycles. The first-order chi connectivity index (χ1) is 8.45. The van der Waals surface area contributed by atoms with Crippen molar-refractivity contribution < 1.29 is 19.6 Å². The summed E-state index contributed by atoms with van der Waals surface area (Å²) in [6.45, 7) is 1.71. The first kappa shape index (κ1) is 14.1. The van der Waals surface area contributed by atoms with Crippen LogP contribution in [0.5, 0.6) is 0 Å². The molecule has 1 amide bonds. The summed E-state index contributed by atoms with van der Waals surface area (Å²) in [5.74, 6) is -1.61. The lowest BCUT2D eigenvalue weighted by Crippen LogP contribution is -2.36. The molecule has 1 N–H and O–H groups in total. The highest BCUT2D eigenvalue weighted by molar-refractivity contribution is 7.13. The lowest BCUT2D eigenvalue weighted by atomic mass is 10.2. The Balaban J connectivity index is 2.87. The van der Waals surface area contributed by atoms with Crippen molar-refractivity contribution in [3.8, 4) is 0 Å². The maximum atomic E-state index is 12.0. The predicted octanol–water partition coefficient (Wildman–Crippen LogP) is 1.59. The maximum Gasteiger partial charge on any atom is 0.324 e. The van der Waals surface area contributed by atoms with Gasteiger partial charge in [0, 0.05) is 18.0 Å². The number of hydrogen-bond donors (Lipinski definition) is 1. The van der Waals surface area contributed by atoms with E-state index >= 15 is 0 Å². The zero-order valence-electron chi connectivity index (χ0n) is 9.66. The fourth-order valence-corrected chi connectivity index (χ4v) is 2.10. The number of carbonyl (C=O) groups excluding carboxylic acids is 1. The van der Waals surface area contributed by atoms with E-state index in [0.717, 1.165) is 22.3 Å². The van der Waals surface area contributed by atoms with Gasteiger partial charge in [-0.05, 0) is 6.42 Å². The van der Waals surface area contributed by atoms with Gasteiger partial charge in [-0.1, -0.05) is 18.3 Å². The molecule has 0 unspecified atom stereocenters. The van der Waals surface area contributed by atoms with E-state index in [1.165, 1.54) is 5.38 Å². The number of thiophene rings is 1. The molecule has 0 spiro atoms. The Kier molecular flexibility index (Phi) is 4.78. The summed E-state index contributed by atoms with van der Waals surface area (Å²) in [6.07, 6.45) is 0.616. The molecule has 0 atom stereocenters. The van der Waals surface area contributed by atoms with Crippen LogP contribution in [-0.2, 0) is 4.79 Å². The van der Waals surface area contributed by atoms with Crippen LogP contribution >= 0.6 is 11.3 Å². The highest BCUT2D eigenvalue weighted by Crippen LogP contribution is 2.23. The highest BCUT2D eigenvalue weighted by atomic mass is 32.1. The van der Waals surface area contributed by atoms with Crippen molar-refractivity contribution in [2.24, 2.45) is 0 Å². The van der Waals surface area contributed by atoms with Crippen LogP contribution in [0.2, 0.25) is 0 Å². The molecular weight excluding hydrogens is 260 g/mol. The SMILES string of the molecule is CCCN(CC(=O)O)C(=O)c1csc([N+](=O)[O-])c1. The van der Waals surface area contributed by atoms with Gasteiger partial charge in [0.25, 0.3) is 5.91 Å². The van der Waals surface area contributed by atoms with E-state index in [1.807, 2.05) is 6.92 Å². The summed E-state index contributed by atoms with van der Waals surface area (Å²) >= 11 is 0.846. The number of nitro groups is 1. The Morgan fingerprint density at radius 3 is 2.67 bits per heavy atom. The van der Waals surface area contributed by atoms with Crippen LogP contribution in [0.3, 0.4) is 0 Å². The average Bonchev–Trinajstić information content (AvgIpc) is 2.76. The third kappa shape index (κ3) is 3.52. The maximum absolute atomic E-state index is 12.0. The molecule has 8 heteroatoms. The zero-order valence-corrected chi connectivity index (χ0v) is 10.5. The summed E-state index contributed by atoms with van der Waals surface area (Å²) < 4.78 is 0. The van der Waals surface area contributed by atoms with Crippen molar-refractivity contribution in [3.05, 3.63) is 27.1 Å². The smallest absolute Gasteiger partial charge is 0.324 e. The number of carboxylic acid groups (broad SMARTS) is 1. The zero-order chi connectivity index (χ0) is 13.7. The van der Waals surface area contributed by atoms with Gasteiger partial charge in [-0.2, -0.15) is 0 Å². The molecule has 0 bridgehead atoms. The fourth-order valence-electron chi connectivity index (χ4n) is 1.40. The second-order valence-corrected chi connectivity index (χ2v) is 4.44. The summed E-state index contributed by atoms with van der Waals surface area (Å²) in [5.41, 5.74) is 0.154. The van der Waals surface area contributed by atoms with Crippen molar-refractivity contribution in [3.63, 3.8) is 0 Å². The molecule has 98 valence electrons. The molecular formula is C10H12N2O5S. The molecule has 0 fully saturated rings. The predicted molar refractivity (Wildman–Crippen MR) is 64.8 cm³/mol. The van der Waals surface area contributed by atoms with Crippen molar-refractivity contribution in [1.29, 1.82) is 0 Å². The topological polar surface area (TPSA) is 101 Å². The Morgan fingerprint density at radius 2 is 2.22 bits per heavy atom. The van der Waals surface area contributed by atoms with Crippen LogP contribution in [0.1, 0.15) is 23.7 Å². The lowest BCUT2D eigenvalue weighted by molar-refractivity contribution is -0.380. The molecule has 0 saturated carbocycles. The Hall–Kier alpha value is -1.96. The Bertz CT molecular complexity index is 471. The minimum Gasteiger partial charge on any atom is -0.480 e. The largest absolute Gasteiger partial charge is 0.480 e. The second-order valence-electron chi connectivity index (χ2n) is 3.55. The van der Waals surface area contributed by atoms with Crippen molar-refractivity contribution in [2.75, 3.05) is 13.1 Å². The third-order valence-electron chi connectivity index (χ3n) is 2.12. The third-order valence-corrected chi connectivity index (χ3v) is 3.00. The molecule has 0 radical (unpaired) electrons. The average molecular weight is 272 g/mol. The standard InChI is InChI=1S/C10H12N2O5S/c1-2-3-11(5-9(13)14)10(15)7-4-8(12(16)17)18-6-7/h4,6H,2-3,5H2,1H3,(H,13,14). The molecule has 0 aliphatic rings. The molecule has 0 aliphatic carbocycles. The number of nitrogens with zero attached hydrogens (tertiary/aromatic N) is 2. The van der Waals surface area contributed by atoms with Gasteiger partial charge in [-0.15, -0.1) is 0 Å². The summed E-state index contributed by atoms with van der Waals surface area (Å²) in [5, 5.41) is 20.4. The quantitative estimate of drug-likeness (QED) is 0.626. The summed E-state index contributed by atoms with van der Waals surface area (Å²) in [6, 6.07) is 1.16. The van der Waals surface area contributed by atoms with E-state index in [9.17, 15) is 19.7 Å². The number of aliphatic carboxylic acids is 1. The van der Waals surface area contributed by atoms with Crippen LogP contribution in [-0.4, -0.2) is 39.9 Å². The molecule has 18 heavy (non-hydrogen) atoms. The van der Waals surface area contributed by atoms with Gasteiger partial charge in [0.15, 0.2) is 0 Å². The highest BCUT2D eigenvalue weighted by Gasteiger charge is 2.21. The van der Waals surface area contributed by atoms with Crippen molar-refractivity contribution in [1.82, 2.24) is 4.90 Å². The van der Waals surface area contributed by atoms with Gasteiger partial charge in [0.05, 0.1) is 10.5 Å². The monoisotopic (exact) mass is 272 g/mol. The van der Waals surface area contributed by atoms with Crippen LogP contribution in [0.25, 0.3) is 0 Å². The van der Waals surface area contributed by atoms with E-state index in [0.29, 0.717) is 13.0 Å². The number of rotatable bonds is 6. The van der Waals surface area contributed by atoms with Gasteiger partial charge >= 0.3 is 11.0 Å². The van der Waals surface area contributed by atoms with Crippen LogP contribution in [0.15, 0.2) is 11.4 Å². The first-order valence-electron chi connectivity index (χ1n) is 5.19. The van der Waals surface area contributed by atoms with Crippen LogP contribution in [0, 0.1) is 10.1 Å². The van der Waals surface area contributed by atoms with Crippen molar-refractivity contribution >= 4 is 28.2 Å². The first-order valence-corrected chi connectivity index (χ1v) is 6.07. The van der Waals surface area contributed by atoms with E-state index in [4.69, 9.17) is 5.11 Å². The number of carboxylic acids is 1. The van der Waals surface area contributed by atoms with E-state index in [2.05, 4.69) is 0 Å². The van der Waals surface area contributed by atoms with E-state index < -0.39 is 23.3 Å². The van der Waals surface area contributed by atoms with Gasteiger partial charge in [0.2, 0.25) is 0 Å². The minimum atomic E-state index is -1.11. The Labute approximate surface area is 107 Å². The molecule has 1 heterocycles. The lowest BCUT2D eigenvalue weighted by Gasteiger charge is -2.18. The number of amides is 1. The van der Waals surface area contributed by atoms with Gasteiger partial charge in [0.1, 0.15) is 6.54 Å². The van der Waals surface area contributed by atoms with Crippen molar-refractivity contribution in [2.45, 2.75) is 13.3 Å². The van der Waals surface area contributed by atoms with Gasteiger partial charge in [-0.3, -0.25) is 19.7 Å². The van der Waals surface area contributed by atoms with Gasteiger partial charge < -0.3 is 10.0 Å². The van der Waals surface area contributed by atoms with E-state index in [-0.39, 0.29) is 10.6 Å². The normalized spacial score (nSPS) is 10.1. The fraction of sp³-hybridized carbons (Fsp3) is 0.400. The minimum absolute atomic E-state index is 0.134. The van der Waals surface area contributed by atoms with E-state index in [1.54, 1.807) is 0 Å². The van der Waals surface area contributed by atoms with Gasteiger partial charge in [-0.25, -0.2) is 0 Å². The summed E-state index contributed by atoms with van der Waals surface area (Å²) in [7, 11) is 0. The second kappa shape index (κ2) is 6.10. The molecule has 1 rings (SSSR count). The molecule has 0 aromatic carbocycles. The number of hydrogen-bond acceptors (Lipinski definition) is 5. The van der Waals surface area contributed by atoms with Crippen LogP contribution in [0.4, 0.5) is 5.00 Å². The summed E-state index contributed by atoms with van der Waals surface area (Å²) in [4.78, 5) is 33.7. The molecule has 1 aromatic rings. The molecule has 0 saturated heterocycles. The molecule has 0 aliphatic heterocycles.